The SMILES string of the molecule is CC1CC(=O)NN=C1c1ccc(OCC(Cl)(Cl)CO)c(Cl)c1F. The molecular formula is C14H14Cl3FN2O3. The molecule has 0 radical (unpaired) electrons. The van der Waals surface area contributed by atoms with E-state index < -0.39 is 16.8 Å². The lowest BCUT2D eigenvalue weighted by molar-refractivity contribution is -0.121. The summed E-state index contributed by atoms with van der Waals surface area (Å²) in [5, 5.41) is 12.6. The Balaban J connectivity index is 2.26. The van der Waals surface area contributed by atoms with Crippen molar-refractivity contribution in [1.82, 2.24) is 5.43 Å². The molecule has 1 atom stereocenters. The van der Waals surface area contributed by atoms with E-state index in [1.807, 2.05) is 0 Å². The molecule has 9 heteroatoms. The van der Waals surface area contributed by atoms with Crippen molar-refractivity contribution in [2.75, 3.05) is 13.2 Å². The van der Waals surface area contributed by atoms with Crippen LogP contribution in [0.4, 0.5) is 4.39 Å². The summed E-state index contributed by atoms with van der Waals surface area (Å²) in [6.07, 6.45) is 0.214. The summed E-state index contributed by atoms with van der Waals surface area (Å²) in [6.45, 7) is 0.979. The van der Waals surface area contributed by atoms with Gasteiger partial charge in [-0.2, -0.15) is 5.10 Å². The number of carbonyl (C=O) groups excluding carboxylic acids is 1. The zero-order valence-electron chi connectivity index (χ0n) is 12.1. The summed E-state index contributed by atoms with van der Waals surface area (Å²) in [4.78, 5) is 11.3. The Bertz CT molecular complexity index is 652. The van der Waals surface area contributed by atoms with Gasteiger partial charge < -0.3 is 9.84 Å². The topological polar surface area (TPSA) is 70.9 Å². The van der Waals surface area contributed by atoms with Crippen LogP contribution >= 0.6 is 34.8 Å². The van der Waals surface area contributed by atoms with Gasteiger partial charge in [0.2, 0.25) is 5.91 Å². The van der Waals surface area contributed by atoms with Crippen molar-refractivity contribution in [1.29, 1.82) is 0 Å². The van der Waals surface area contributed by atoms with E-state index in [2.05, 4.69) is 10.5 Å². The molecular weight excluding hydrogens is 370 g/mol. The molecule has 2 N–H and O–H groups in total. The Labute approximate surface area is 147 Å². The van der Waals surface area contributed by atoms with Crippen molar-refractivity contribution >= 4 is 46.4 Å². The molecule has 1 unspecified atom stereocenters. The van der Waals surface area contributed by atoms with Crippen LogP contribution in [0.1, 0.15) is 18.9 Å². The smallest absolute Gasteiger partial charge is 0.240 e. The van der Waals surface area contributed by atoms with E-state index in [4.69, 9.17) is 44.6 Å². The number of benzene rings is 1. The summed E-state index contributed by atoms with van der Waals surface area (Å²) in [5.41, 5.74) is 2.90. The van der Waals surface area contributed by atoms with Gasteiger partial charge in [0.1, 0.15) is 17.4 Å². The highest BCUT2D eigenvalue weighted by Gasteiger charge is 2.27. The fourth-order valence-corrected chi connectivity index (χ4v) is 2.38. The maximum Gasteiger partial charge on any atom is 0.240 e. The third-order valence-corrected chi connectivity index (χ3v) is 4.06. The van der Waals surface area contributed by atoms with Gasteiger partial charge in [-0.1, -0.05) is 41.7 Å². The van der Waals surface area contributed by atoms with Crippen LogP contribution in [0.5, 0.6) is 5.75 Å². The van der Waals surface area contributed by atoms with Crippen LogP contribution in [-0.4, -0.2) is 34.3 Å². The number of aliphatic hydroxyl groups is 1. The van der Waals surface area contributed by atoms with Crippen molar-refractivity contribution in [2.24, 2.45) is 11.0 Å². The van der Waals surface area contributed by atoms with Crippen LogP contribution in [0.25, 0.3) is 0 Å². The number of carbonyl (C=O) groups is 1. The normalized spacial score (nSPS) is 18.4. The van der Waals surface area contributed by atoms with Gasteiger partial charge in [0, 0.05) is 17.9 Å². The van der Waals surface area contributed by atoms with Crippen LogP contribution < -0.4 is 10.2 Å². The highest BCUT2D eigenvalue weighted by atomic mass is 35.5. The third-order valence-electron chi connectivity index (χ3n) is 3.25. The molecule has 0 fully saturated rings. The molecule has 126 valence electrons. The number of hydrogen-bond donors (Lipinski definition) is 2. The van der Waals surface area contributed by atoms with Gasteiger partial charge in [0.25, 0.3) is 0 Å². The second kappa shape index (κ2) is 7.21. The molecule has 0 aromatic heterocycles. The Hall–Kier alpha value is -1.08. The number of aliphatic hydroxyl groups excluding tert-OH is 1. The second-order valence-electron chi connectivity index (χ2n) is 5.18. The molecule has 0 spiro atoms. The number of halogens is 4. The lowest BCUT2D eigenvalue weighted by Crippen LogP contribution is -2.32. The zero-order chi connectivity index (χ0) is 17.2. The van der Waals surface area contributed by atoms with Gasteiger partial charge in [-0.25, -0.2) is 9.82 Å². The van der Waals surface area contributed by atoms with Crippen LogP contribution in [0.15, 0.2) is 17.2 Å². The Kier molecular flexibility index (Phi) is 5.73. The van der Waals surface area contributed by atoms with Gasteiger partial charge in [-0.05, 0) is 12.1 Å². The molecule has 5 nitrogen and oxygen atoms in total. The fourth-order valence-electron chi connectivity index (χ4n) is 2.05. The maximum absolute atomic E-state index is 14.5. The first-order valence-electron chi connectivity index (χ1n) is 6.71. The van der Waals surface area contributed by atoms with Crippen molar-refractivity contribution in [3.8, 4) is 5.75 Å². The van der Waals surface area contributed by atoms with Gasteiger partial charge >= 0.3 is 0 Å². The number of nitrogens with zero attached hydrogens (tertiary/aromatic N) is 1. The van der Waals surface area contributed by atoms with E-state index in [0.717, 1.165) is 0 Å². The second-order valence-corrected chi connectivity index (χ2v) is 7.20. The predicted molar refractivity (Wildman–Crippen MR) is 86.9 cm³/mol. The lowest BCUT2D eigenvalue weighted by Gasteiger charge is -2.21. The number of ether oxygens (including phenoxy) is 1. The van der Waals surface area contributed by atoms with Crippen LogP contribution in [0, 0.1) is 11.7 Å². The molecule has 1 aromatic rings. The zero-order valence-corrected chi connectivity index (χ0v) is 14.3. The van der Waals surface area contributed by atoms with E-state index >= 15 is 0 Å². The Morgan fingerprint density at radius 1 is 1.52 bits per heavy atom. The summed E-state index contributed by atoms with van der Waals surface area (Å²) in [7, 11) is 0. The van der Waals surface area contributed by atoms with Gasteiger partial charge in [0.15, 0.2) is 10.2 Å². The first-order valence-corrected chi connectivity index (χ1v) is 7.85. The Morgan fingerprint density at radius 3 is 2.83 bits per heavy atom. The van der Waals surface area contributed by atoms with E-state index in [0.29, 0.717) is 5.71 Å². The highest BCUT2D eigenvalue weighted by Crippen LogP contribution is 2.33. The third kappa shape index (κ3) is 4.26. The molecule has 0 aliphatic carbocycles. The average Bonchev–Trinajstić information content (AvgIpc) is 2.50. The quantitative estimate of drug-likeness (QED) is 0.768. The molecule has 0 bridgehead atoms. The van der Waals surface area contributed by atoms with Crippen molar-refractivity contribution in [3.63, 3.8) is 0 Å². The molecule has 2 rings (SSSR count). The molecule has 0 saturated heterocycles. The predicted octanol–water partition coefficient (Wildman–Crippen LogP) is 2.88. The molecule has 1 aromatic carbocycles. The van der Waals surface area contributed by atoms with Crippen molar-refractivity contribution in [3.05, 3.63) is 28.5 Å². The minimum absolute atomic E-state index is 0.0418. The van der Waals surface area contributed by atoms with Gasteiger partial charge in [0.05, 0.1) is 12.3 Å². The van der Waals surface area contributed by atoms with Crippen molar-refractivity contribution < 1.29 is 19.0 Å². The number of hydrazone groups is 1. The lowest BCUT2D eigenvalue weighted by atomic mass is 9.94. The van der Waals surface area contributed by atoms with Gasteiger partial charge in [-0.3, -0.25) is 4.79 Å². The summed E-state index contributed by atoms with van der Waals surface area (Å²) in [6, 6.07) is 2.90. The monoisotopic (exact) mass is 382 g/mol. The summed E-state index contributed by atoms with van der Waals surface area (Å²) < 4.78 is 18.2. The molecule has 1 aliphatic rings. The largest absolute Gasteiger partial charge is 0.489 e. The number of amides is 1. The number of rotatable bonds is 5. The molecule has 1 amide bonds. The standard InChI is InChI=1S/C14H14Cl3FN2O3/c1-7-4-10(22)19-20-13(7)8-2-3-9(11(15)12(8)18)23-6-14(16,17)5-21/h2-3,7,21H,4-6H2,1H3,(H,19,22). The van der Waals surface area contributed by atoms with Crippen LogP contribution in [0.3, 0.4) is 0 Å². The first kappa shape index (κ1) is 18.3. The minimum atomic E-state index is -1.51. The maximum atomic E-state index is 14.5. The number of alkyl halides is 2. The van der Waals surface area contributed by atoms with E-state index in [9.17, 15) is 9.18 Å². The fraction of sp³-hybridized carbons (Fsp3) is 0.429. The molecule has 1 heterocycles. The Morgan fingerprint density at radius 2 is 2.22 bits per heavy atom. The summed E-state index contributed by atoms with van der Waals surface area (Å²) >= 11 is 17.5. The average molecular weight is 384 g/mol. The van der Waals surface area contributed by atoms with E-state index in [1.54, 1.807) is 6.92 Å². The number of hydrogen-bond acceptors (Lipinski definition) is 4. The highest BCUT2D eigenvalue weighted by molar-refractivity contribution is 6.48. The number of nitrogens with one attached hydrogen (secondary N) is 1. The molecule has 23 heavy (non-hydrogen) atoms. The first-order chi connectivity index (χ1) is 10.7. The van der Waals surface area contributed by atoms with Crippen LogP contribution in [0.2, 0.25) is 5.02 Å². The van der Waals surface area contributed by atoms with E-state index in [-0.39, 0.29) is 41.2 Å². The minimum Gasteiger partial charge on any atom is -0.489 e. The summed E-state index contributed by atoms with van der Waals surface area (Å²) in [5.74, 6) is -1.14. The molecule has 0 saturated carbocycles. The molecule has 1 aliphatic heterocycles. The van der Waals surface area contributed by atoms with E-state index in [1.165, 1.54) is 12.1 Å². The van der Waals surface area contributed by atoms with Gasteiger partial charge in [-0.15, -0.1) is 0 Å². The van der Waals surface area contributed by atoms with Crippen molar-refractivity contribution in [2.45, 2.75) is 17.7 Å². The van der Waals surface area contributed by atoms with Crippen LogP contribution in [-0.2, 0) is 4.79 Å².